The monoisotopic (exact) mass is 404 g/mol. The van der Waals surface area contributed by atoms with E-state index in [1.54, 1.807) is 0 Å². The van der Waals surface area contributed by atoms with Gasteiger partial charge in [-0.3, -0.25) is 9.69 Å². The molecule has 0 spiro atoms. The lowest BCUT2D eigenvalue weighted by Crippen LogP contribution is -2.34. The minimum atomic E-state index is -0.332. The molecule has 2 N–H and O–H groups in total. The third-order valence-electron chi connectivity index (χ3n) is 4.59. The first kappa shape index (κ1) is 21.4. The Hall–Kier alpha value is -3.31. The molecule has 5 nitrogen and oxygen atoms in total. The van der Waals surface area contributed by atoms with Gasteiger partial charge < -0.3 is 15.2 Å². The quantitative estimate of drug-likeness (QED) is 0.463. The number of rotatable bonds is 12. The normalized spacial score (nSPS) is 10.7. The standard InChI is InChI=1S/C25H28N2O3/c26-25(28)19-27(16-7-17-29-23-10-5-2-6-11-23)18-21-12-14-24(15-13-21)30-20-22-8-3-1-4-9-22/h1-6,8-15H,7,16-20H2,(H2,26,28). The number of amides is 1. The third-order valence-corrected chi connectivity index (χ3v) is 4.59. The van der Waals surface area contributed by atoms with E-state index < -0.39 is 0 Å². The molecule has 3 aromatic carbocycles. The van der Waals surface area contributed by atoms with Gasteiger partial charge in [0.2, 0.25) is 5.91 Å². The maximum Gasteiger partial charge on any atom is 0.231 e. The maximum absolute atomic E-state index is 11.5. The molecule has 0 radical (unpaired) electrons. The van der Waals surface area contributed by atoms with E-state index in [0.29, 0.717) is 19.8 Å². The van der Waals surface area contributed by atoms with E-state index in [-0.39, 0.29) is 12.5 Å². The van der Waals surface area contributed by atoms with Gasteiger partial charge in [-0.1, -0.05) is 60.7 Å². The van der Waals surface area contributed by atoms with Gasteiger partial charge in [0, 0.05) is 13.1 Å². The fraction of sp³-hybridized carbons (Fsp3) is 0.240. The molecule has 1 amide bonds. The Balaban J connectivity index is 1.46. The second-order valence-corrected chi connectivity index (χ2v) is 7.11. The Morgan fingerprint density at radius 1 is 0.767 bits per heavy atom. The van der Waals surface area contributed by atoms with Gasteiger partial charge in [-0.2, -0.15) is 0 Å². The summed E-state index contributed by atoms with van der Waals surface area (Å²) in [5, 5.41) is 0. The van der Waals surface area contributed by atoms with Gasteiger partial charge in [-0.15, -0.1) is 0 Å². The van der Waals surface area contributed by atoms with Crippen LogP contribution >= 0.6 is 0 Å². The first-order valence-electron chi connectivity index (χ1n) is 10.1. The molecule has 0 saturated carbocycles. The van der Waals surface area contributed by atoms with E-state index in [1.165, 1.54) is 0 Å². The highest BCUT2D eigenvalue weighted by Gasteiger charge is 2.10. The molecule has 0 unspecified atom stereocenters. The molecule has 0 aliphatic rings. The number of para-hydroxylation sites is 1. The van der Waals surface area contributed by atoms with Crippen LogP contribution in [-0.4, -0.2) is 30.5 Å². The summed E-state index contributed by atoms with van der Waals surface area (Å²) in [7, 11) is 0. The third kappa shape index (κ3) is 7.60. The van der Waals surface area contributed by atoms with Crippen molar-refractivity contribution < 1.29 is 14.3 Å². The van der Waals surface area contributed by atoms with Gasteiger partial charge in [0.15, 0.2) is 0 Å². The molecule has 156 valence electrons. The minimum Gasteiger partial charge on any atom is -0.494 e. The summed E-state index contributed by atoms with van der Waals surface area (Å²) in [6, 6.07) is 27.7. The number of primary amides is 1. The molecule has 0 aromatic heterocycles. The van der Waals surface area contributed by atoms with Crippen molar-refractivity contribution in [3.8, 4) is 11.5 Å². The Morgan fingerprint density at radius 3 is 2.07 bits per heavy atom. The molecule has 0 aliphatic carbocycles. The van der Waals surface area contributed by atoms with Crippen LogP contribution < -0.4 is 15.2 Å². The Bertz CT molecular complexity index is 883. The van der Waals surface area contributed by atoms with Crippen LogP contribution in [0.2, 0.25) is 0 Å². The molecule has 0 atom stereocenters. The van der Waals surface area contributed by atoms with Crippen LogP contribution in [0.25, 0.3) is 0 Å². The molecule has 0 saturated heterocycles. The summed E-state index contributed by atoms with van der Waals surface area (Å²) in [4.78, 5) is 13.5. The Kier molecular flexibility index (Phi) is 8.30. The second kappa shape index (κ2) is 11.6. The number of nitrogens with zero attached hydrogens (tertiary/aromatic N) is 1. The van der Waals surface area contributed by atoms with Crippen LogP contribution in [0.5, 0.6) is 11.5 Å². The molecule has 0 bridgehead atoms. The zero-order chi connectivity index (χ0) is 21.0. The molecule has 5 heteroatoms. The molecule has 0 heterocycles. The first-order valence-corrected chi connectivity index (χ1v) is 10.1. The predicted molar refractivity (Wildman–Crippen MR) is 118 cm³/mol. The van der Waals surface area contributed by atoms with E-state index >= 15 is 0 Å². The highest BCUT2D eigenvalue weighted by Crippen LogP contribution is 2.16. The van der Waals surface area contributed by atoms with Gasteiger partial charge >= 0.3 is 0 Å². The van der Waals surface area contributed by atoms with Gasteiger partial charge in [-0.05, 0) is 41.8 Å². The zero-order valence-corrected chi connectivity index (χ0v) is 17.1. The predicted octanol–water partition coefficient (Wildman–Crippen LogP) is 4.02. The summed E-state index contributed by atoms with van der Waals surface area (Å²) in [6.45, 7) is 2.72. The summed E-state index contributed by atoms with van der Waals surface area (Å²) >= 11 is 0. The van der Waals surface area contributed by atoms with Crippen molar-refractivity contribution in [2.75, 3.05) is 19.7 Å². The molecule has 3 aromatic rings. The topological polar surface area (TPSA) is 64.8 Å². The van der Waals surface area contributed by atoms with E-state index in [1.807, 2.05) is 89.8 Å². The Morgan fingerprint density at radius 2 is 1.40 bits per heavy atom. The highest BCUT2D eigenvalue weighted by molar-refractivity contribution is 5.75. The van der Waals surface area contributed by atoms with E-state index in [0.717, 1.165) is 35.6 Å². The summed E-state index contributed by atoms with van der Waals surface area (Å²) in [5.41, 5.74) is 7.66. The smallest absolute Gasteiger partial charge is 0.231 e. The number of benzene rings is 3. The lowest BCUT2D eigenvalue weighted by molar-refractivity contribution is -0.119. The average Bonchev–Trinajstić information content (AvgIpc) is 2.77. The SMILES string of the molecule is NC(=O)CN(CCCOc1ccccc1)Cc1ccc(OCc2ccccc2)cc1. The van der Waals surface area contributed by atoms with Gasteiger partial charge in [-0.25, -0.2) is 0 Å². The molecule has 3 rings (SSSR count). The van der Waals surface area contributed by atoms with Crippen molar-refractivity contribution in [2.24, 2.45) is 5.73 Å². The number of ether oxygens (including phenoxy) is 2. The molecule has 30 heavy (non-hydrogen) atoms. The van der Waals surface area contributed by atoms with E-state index in [9.17, 15) is 4.79 Å². The van der Waals surface area contributed by atoms with Crippen molar-refractivity contribution in [2.45, 2.75) is 19.6 Å². The number of hydrogen-bond acceptors (Lipinski definition) is 4. The number of carbonyl (C=O) groups excluding carboxylic acids is 1. The molecule has 0 fully saturated rings. The lowest BCUT2D eigenvalue weighted by atomic mass is 10.2. The number of hydrogen-bond donors (Lipinski definition) is 1. The van der Waals surface area contributed by atoms with Crippen LogP contribution in [0.15, 0.2) is 84.9 Å². The average molecular weight is 405 g/mol. The largest absolute Gasteiger partial charge is 0.494 e. The first-order chi connectivity index (χ1) is 14.7. The van der Waals surface area contributed by atoms with Crippen LogP contribution in [0.3, 0.4) is 0 Å². The van der Waals surface area contributed by atoms with Gasteiger partial charge in [0.1, 0.15) is 18.1 Å². The van der Waals surface area contributed by atoms with Crippen LogP contribution in [-0.2, 0) is 17.9 Å². The van der Waals surface area contributed by atoms with Crippen molar-refractivity contribution in [3.05, 3.63) is 96.1 Å². The number of nitrogens with two attached hydrogens (primary N) is 1. The van der Waals surface area contributed by atoms with Crippen molar-refractivity contribution in [1.29, 1.82) is 0 Å². The zero-order valence-electron chi connectivity index (χ0n) is 17.1. The van der Waals surface area contributed by atoms with Crippen LogP contribution in [0, 0.1) is 0 Å². The van der Waals surface area contributed by atoms with E-state index in [2.05, 4.69) is 0 Å². The Labute approximate surface area is 178 Å². The summed E-state index contributed by atoms with van der Waals surface area (Å²) in [6.07, 6.45) is 0.806. The van der Waals surface area contributed by atoms with Crippen molar-refractivity contribution in [3.63, 3.8) is 0 Å². The van der Waals surface area contributed by atoms with Crippen LogP contribution in [0.4, 0.5) is 0 Å². The van der Waals surface area contributed by atoms with Crippen molar-refractivity contribution in [1.82, 2.24) is 4.90 Å². The van der Waals surface area contributed by atoms with E-state index in [4.69, 9.17) is 15.2 Å². The van der Waals surface area contributed by atoms with Gasteiger partial charge in [0.05, 0.1) is 13.2 Å². The minimum absolute atomic E-state index is 0.220. The fourth-order valence-corrected chi connectivity index (χ4v) is 3.12. The summed E-state index contributed by atoms with van der Waals surface area (Å²) in [5.74, 6) is 1.34. The second-order valence-electron chi connectivity index (χ2n) is 7.11. The molecular weight excluding hydrogens is 376 g/mol. The number of carbonyl (C=O) groups is 1. The lowest BCUT2D eigenvalue weighted by Gasteiger charge is -2.21. The molecule has 0 aliphatic heterocycles. The summed E-state index contributed by atoms with van der Waals surface area (Å²) < 4.78 is 11.6. The van der Waals surface area contributed by atoms with Crippen molar-refractivity contribution >= 4 is 5.91 Å². The highest BCUT2D eigenvalue weighted by atomic mass is 16.5. The maximum atomic E-state index is 11.5. The fourth-order valence-electron chi connectivity index (χ4n) is 3.12. The van der Waals surface area contributed by atoms with Gasteiger partial charge in [0.25, 0.3) is 0 Å². The van der Waals surface area contributed by atoms with Crippen LogP contribution in [0.1, 0.15) is 17.5 Å². The molecular formula is C25H28N2O3.